The van der Waals surface area contributed by atoms with E-state index in [4.69, 9.17) is 4.74 Å². The monoisotopic (exact) mass is 267 g/mol. The normalized spacial score (nSPS) is 22.4. The molecule has 1 N–H and O–H groups in total. The zero-order valence-corrected chi connectivity index (χ0v) is 11.6. The average molecular weight is 267 g/mol. The molecule has 2 rings (SSSR count). The second-order valence-electron chi connectivity index (χ2n) is 5.16. The van der Waals surface area contributed by atoms with E-state index in [0.29, 0.717) is 24.3 Å². The molecule has 1 fully saturated rings. The lowest BCUT2D eigenvalue weighted by Gasteiger charge is -2.35. The van der Waals surface area contributed by atoms with Crippen LogP contribution in [0.15, 0.2) is 18.2 Å². The van der Waals surface area contributed by atoms with Crippen LogP contribution in [0.25, 0.3) is 0 Å². The minimum atomic E-state index is -0.769. The van der Waals surface area contributed by atoms with Gasteiger partial charge in [0, 0.05) is 13.1 Å². The van der Waals surface area contributed by atoms with Gasteiger partial charge in [0.15, 0.2) is 0 Å². The van der Waals surface area contributed by atoms with Crippen molar-refractivity contribution in [3.63, 3.8) is 0 Å². The van der Waals surface area contributed by atoms with E-state index in [9.17, 15) is 9.50 Å². The molecule has 19 heavy (non-hydrogen) atoms. The fourth-order valence-corrected chi connectivity index (χ4v) is 2.45. The molecular formula is C15H22FNO2. The van der Waals surface area contributed by atoms with Crippen molar-refractivity contribution < 1.29 is 14.2 Å². The van der Waals surface area contributed by atoms with Crippen LogP contribution in [-0.2, 0) is 4.74 Å². The van der Waals surface area contributed by atoms with Crippen LogP contribution in [0.3, 0.4) is 0 Å². The van der Waals surface area contributed by atoms with Gasteiger partial charge in [0.25, 0.3) is 0 Å². The lowest BCUT2D eigenvalue weighted by atomic mass is 10.0. The van der Waals surface area contributed by atoms with E-state index < -0.39 is 6.10 Å². The Hall–Kier alpha value is -0.970. The second-order valence-corrected chi connectivity index (χ2v) is 5.16. The first kappa shape index (κ1) is 14.4. The molecule has 0 spiro atoms. The molecule has 0 saturated carbocycles. The first-order chi connectivity index (χ1) is 9.11. The highest BCUT2D eigenvalue weighted by molar-refractivity contribution is 5.25. The maximum atomic E-state index is 13.5. The number of benzene rings is 1. The number of morpholine rings is 1. The molecule has 106 valence electrons. The highest BCUT2D eigenvalue weighted by Crippen LogP contribution is 2.24. The van der Waals surface area contributed by atoms with Gasteiger partial charge >= 0.3 is 0 Å². The van der Waals surface area contributed by atoms with Crippen molar-refractivity contribution in [2.75, 3.05) is 26.2 Å². The summed E-state index contributed by atoms with van der Waals surface area (Å²) in [6.07, 6.45) is 0.0410. The van der Waals surface area contributed by atoms with Gasteiger partial charge < -0.3 is 9.84 Å². The Bertz CT molecular complexity index is 423. The maximum absolute atomic E-state index is 13.5. The smallest absolute Gasteiger partial charge is 0.126 e. The summed E-state index contributed by atoms with van der Waals surface area (Å²) in [5.41, 5.74) is 1.18. The van der Waals surface area contributed by atoms with Gasteiger partial charge in [0.1, 0.15) is 18.0 Å². The molecule has 1 saturated heterocycles. The fourth-order valence-electron chi connectivity index (χ4n) is 2.45. The molecule has 4 heteroatoms. The molecule has 1 aromatic carbocycles. The molecule has 1 aromatic rings. The largest absolute Gasteiger partial charge is 0.386 e. The van der Waals surface area contributed by atoms with Gasteiger partial charge in [-0.05, 0) is 37.1 Å². The van der Waals surface area contributed by atoms with Crippen LogP contribution in [0.5, 0.6) is 0 Å². The number of nitrogens with zero attached hydrogens (tertiary/aromatic N) is 1. The molecule has 1 aliphatic rings. The molecule has 2 unspecified atom stereocenters. The molecule has 0 radical (unpaired) electrons. The summed E-state index contributed by atoms with van der Waals surface area (Å²) >= 11 is 0. The van der Waals surface area contributed by atoms with Crippen molar-refractivity contribution in [1.82, 2.24) is 4.90 Å². The van der Waals surface area contributed by atoms with E-state index >= 15 is 0 Å². The number of halogens is 1. The highest BCUT2D eigenvalue weighted by atomic mass is 19.1. The summed E-state index contributed by atoms with van der Waals surface area (Å²) < 4.78 is 19.2. The number of aryl methyl sites for hydroxylation is 1. The summed E-state index contributed by atoms with van der Waals surface area (Å²) in [5.74, 6) is -0.280. The summed E-state index contributed by atoms with van der Waals surface area (Å²) in [6, 6.07) is 4.87. The van der Waals surface area contributed by atoms with E-state index in [1.54, 1.807) is 19.1 Å². The number of aliphatic hydroxyl groups excluding tert-OH is 1. The van der Waals surface area contributed by atoms with Crippen molar-refractivity contribution in [3.8, 4) is 0 Å². The van der Waals surface area contributed by atoms with E-state index in [1.165, 1.54) is 6.07 Å². The number of hydrogen-bond donors (Lipinski definition) is 1. The van der Waals surface area contributed by atoms with Gasteiger partial charge in [-0.3, -0.25) is 4.90 Å². The zero-order valence-electron chi connectivity index (χ0n) is 11.6. The van der Waals surface area contributed by atoms with Crippen LogP contribution in [0.4, 0.5) is 4.39 Å². The lowest BCUT2D eigenvalue weighted by molar-refractivity contribution is -0.0899. The molecule has 0 aliphatic carbocycles. The predicted molar refractivity (Wildman–Crippen MR) is 72.6 cm³/mol. The number of hydrogen-bond acceptors (Lipinski definition) is 3. The number of aliphatic hydroxyl groups is 1. The van der Waals surface area contributed by atoms with Gasteiger partial charge in [0.2, 0.25) is 0 Å². The van der Waals surface area contributed by atoms with E-state index in [0.717, 1.165) is 19.5 Å². The third-order valence-corrected chi connectivity index (χ3v) is 3.61. The molecule has 0 aromatic heterocycles. The maximum Gasteiger partial charge on any atom is 0.126 e. The van der Waals surface area contributed by atoms with Gasteiger partial charge in [0.05, 0.1) is 6.61 Å². The Balaban J connectivity index is 2.05. The Morgan fingerprint density at radius 3 is 3.00 bits per heavy atom. The van der Waals surface area contributed by atoms with Gasteiger partial charge in [-0.15, -0.1) is 0 Å². The van der Waals surface area contributed by atoms with E-state index in [-0.39, 0.29) is 11.9 Å². The molecule has 0 amide bonds. The quantitative estimate of drug-likeness (QED) is 0.908. The van der Waals surface area contributed by atoms with Crippen molar-refractivity contribution in [2.24, 2.45) is 0 Å². The van der Waals surface area contributed by atoms with E-state index in [1.807, 2.05) is 0 Å². The molecule has 1 aliphatic heterocycles. The third-order valence-electron chi connectivity index (χ3n) is 3.61. The van der Waals surface area contributed by atoms with Gasteiger partial charge in [-0.2, -0.15) is 0 Å². The first-order valence-corrected chi connectivity index (χ1v) is 6.90. The van der Waals surface area contributed by atoms with Crippen molar-refractivity contribution in [3.05, 3.63) is 35.1 Å². The van der Waals surface area contributed by atoms with Crippen molar-refractivity contribution >= 4 is 0 Å². The molecule has 1 heterocycles. The fraction of sp³-hybridized carbons (Fsp3) is 0.600. The molecule has 0 bridgehead atoms. The van der Waals surface area contributed by atoms with Crippen molar-refractivity contribution in [2.45, 2.75) is 32.5 Å². The standard InChI is InChI=1S/C15H22FNO2/c1-3-6-17-7-8-19-14(10-17)15(18)12-5-4-11(2)13(16)9-12/h4-5,9,14-15,18H,3,6-8,10H2,1-2H3. The van der Waals surface area contributed by atoms with Crippen LogP contribution in [0.1, 0.15) is 30.6 Å². The molecule has 3 nitrogen and oxygen atoms in total. The van der Waals surface area contributed by atoms with Crippen LogP contribution in [0.2, 0.25) is 0 Å². The molecular weight excluding hydrogens is 245 g/mol. The Morgan fingerprint density at radius 2 is 2.32 bits per heavy atom. The Kier molecular flexibility index (Phi) is 4.91. The summed E-state index contributed by atoms with van der Waals surface area (Å²) in [7, 11) is 0. The molecule has 2 atom stereocenters. The zero-order chi connectivity index (χ0) is 13.8. The summed E-state index contributed by atoms with van der Waals surface area (Å²) in [6.45, 7) is 7.08. The van der Waals surface area contributed by atoms with Crippen LogP contribution in [-0.4, -0.2) is 42.4 Å². The summed E-state index contributed by atoms with van der Waals surface area (Å²) in [4.78, 5) is 2.28. The predicted octanol–water partition coefficient (Wildman–Crippen LogP) is 2.28. The van der Waals surface area contributed by atoms with Crippen LogP contribution in [0, 0.1) is 12.7 Å². The Labute approximate surface area is 114 Å². The van der Waals surface area contributed by atoms with Crippen LogP contribution < -0.4 is 0 Å². The minimum Gasteiger partial charge on any atom is -0.386 e. The second kappa shape index (κ2) is 6.46. The highest BCUT2D eigenvalue weighted by Gasteiger charge is 2.27. The van der Waals surface area contributed by atoms with Crippen molar-refractivity contribution in [1.29, 1.82) is 0 Å². The van der Waals surface area contributed by atoms with Gasteiger partial charge in [-0.25, -0.2) is 4.39 Å². The minimum absolute atomic E-state index is 0.276. The first-order valence-electron chi connectivity index (χ1n) is 6.90. The lowest BCUT2D eigenvalue weighted by Crippen LogP contribution is -2.45. The topological polar surface area (TPSA) is 32.7 Å². The summed E-state index contributed by atoms with van der Waals surface area (Å²) in [5, 5.41) is 10.3. The average Bonchev–Trinajstić information content (AvgIpc) is 2.42. The third kappa shape index (κ3) is 3.53. The Morgan fingerprint density at radius 1 is 1.53 bits per heavy atom. The van der Waals surface area contributed by atoms with E-state index in [2.05, 4.69) is 11.8 Å². The number of rotatable bonds is 4. The van der Waals surface area contributed by atoms with Crippen LogP contribution >= 0.6 is 0 Å². The number of ether oxygens (including phenoxy) is 1. The van der Waals surface area contributed by atoms with Gasteiger partial charge in [-0.1, -0.05) is 19.1 Å². The SMILES string of the molecule is CCCN1CCOC(C(O)c2ccc(C)c(F)c2)C1.